The standard InChI is InChI=1S/C17H14N4O2S/c1-11(22)19-13-5-2-4-12(10-13)14-7-8-18-17(20-14)21-16(23)15-6-3-9-24-15/h2-10H,1H3,(H,19,22)(H,18,20,21,23). The Bertz CT molecular complexity index is 878. The summed E-state index contributed by atoms with van der Waals surface area (Å²) in [5.41, 5.74) is 2.15. The molecule has 7 heteroatoms. The third kappa shape index (κ3) is 3.82. The largest absolute Gasteiger partial charge is 0.326 e. The van der Waals surface area contributed by atoms with E-state index in [0.29, 0.717) is 16.3 Å². The molecule has 0 aliphatic carbocycles. The number of aromatic nitrogens is 2. The minimum atomic E-state index is -0.242. The van der Waals surface area contributed by atoms with Gasteiger partial charge in [-0.2, -0.15) is 0 Å². The first-order valence-electron chi connectivity index (χ1n) is 7.18. The van der Waals surface area contributed by atoms with Crippen LogP contribution >= 0.6 is 11.3 Å². The molecule has 0 radical (unpaired) electrons. The van der Waals surface area contributed by atoms with Gasteiger partial charge in [0.15, 0.2) is 0 Å². The van der Waals surface area contributed by atoms with Gasteiger partial charge in [-0.05, 0) is 29.6 Å². The monoisotopic (exact) mass is 338 g/mol. The highest BCUT2D eigenvalue weighted by Gasteiger charge is 2.10. The van der Waals surface area contributed by atoms with Crippen LogP contribution in [0.25, 0.3) is 11.3 Å². The van der Waals surface area contributed by atoms with Crippen molar-refractivity contribution >= 4 is 34.8 Å². The zero-order chi connectivity index (χ0) is 16.9. The van der Waals surface area contributed by atoms with Crippen molar-refractivity contribution in [3.63, 3.8) is 0 Å². The molecule has 0 fully saturated rings. The van der Waals surface area contributed by atoms with Gasteiger partial charge in [0.25, 0.3) is 5.91 Å². The average Bonchev–Trinajstić information content (AvgIpc) is 3.09. The van der Waals surface area contributed by atoms with Crippen LogP contribution < -0.4 is 10.6 Å². The van der Waals surface area contributed by atoms with E-state index in [-0.39, 0.29) is 17.8 Å². The van der Waals surface area contributed by atoms with Crippen molar-refractivity contribution in [2.75, 3.05) is 10.6 Å². The van der Waals surface area contributed by atoms with E-state index in [9.17, 15) is 9.59 Å². The van der Waals surface area contributed by atoms with Gasteiger partial charge in [-0.15, -0.1) is 11.3 Å². The molecule has 2 heterocycles. The number of benzene rings is 1. The highest BCUT2D eigenvalue weighted by atomic mass is 32.1. The second-order valence-electron chi connectivity index (χ2n) is 4.96. The first-order valence-corrected chi connectivity index (χ1v) is 8.06. The number of hydrogen-bond acceptors (Lipinski definition) is 5. The van der Waals surface area contributed by atoms with Crippen molar-refractivity contribution < 1.29 is 9.59 Å². The number of carbonyl (C=O) groups excluding carboxylic acids is 2. The maximum Gasteiger partial charge on any atom is 0.268 e. The second-order valence-corrected chi connectivity index (χ2v) is 5.91. The van der Waals surface area contributed by atoms with Crippen LogP contribution in [0.4, 0.5) is 11.6 Å². The van der Waals surface area contributed by atoms with E-state index in [4.69, 9.17) is 0 Å². The van der Waals surface area contributed by atoms with Gasteiger partial charge in [-0.3, -0.25) is 14.9 Å². The summed E-state index contributed by atoms with van der Waals surface area (Å²) in [6.07, 6.45) is 1.58. The molecule has 2 N–H and O–H groups in total. The Morgan fingerprint density at radius 2 is 1.96 bits per heavy atom. The Labute approximate surface area is 142 Å². The highest BCUT2D eigenvalue weighted by molar-refractivity contribution is 7.12. The van der Waals surface area contributed by atoms with Gasteiger partial charge in [-0.1, -0.05) is 18.2 Å². The Hall–Kier alpha value is -3.06. The van der Waals surface area contributed by atoms with Crippen LogP contribution in [0.1, 0.15) is 16.6 Å². The minimum Gasteiger partial charge on any atom is -0.326 e. The fraction of sp³-hybridized carbons (Fsp3) is 0.0588. The lowest BCUT2D eigenvalue weighted by atomic mass is 10.1. The topological polar surface area (TPSA) is 84.0 Å². The third-order valence-electron chi connectivity index (χ3n) is 3.10. The number of hydrogen-bond donors (Lipinski definition) is 2. The van der Waals surface area contributed by atoms with E-state index < -0.39 is 0 Å². The third-order valence-corrected chi connectivity index (χ3v) is 3.97. The van der Waals surface area contributed by atoms with Crippen molar-refractivity contribution in [3.8, 4) is 11.3 Å². The van der Waals surface area contributed by atoms with Crippen LogP contribution in [0, 0.1) is 0 Å². The molecule has 0 spiro atoms. The lowest BCUT2D eigenvalue weighted by molar-refractivity contribution is -0.114. The number of amides is 2. The zero-order valence-electron chi connectivity index (χ0n) is 12.8. The zero-order valence-corrected chi connectivity index (χ0v) is 13.6. The Balaban J connectivity index is 1.82. The lowest BCUT2D eigenvalue weighted by Gasteiger charge is -2.07. The number of thiophene rings is 1. The van der Waals surface area contributed by atoms with Crippen molar-refractivity contribution in [2.45, 2.75) is 6.92 Å². The van der Waals surface area contributed by atoms with Gasteiger partial charge in [0.1, 0.15) is 0 Å². The molecule has 0 saturated carbocycles. The lowest BCUT2D eigenvalue weighted by Crippen LogP contribution is -2.12. The van der Waals surface area contributed by atoms with E-state index in [1.165, 1.54) is 18.3 Å². The van der Waals surface area contributed by atoms with Crippen LogP contribution in [0.15, 0.2) is 54.0 Å². The van der Waals surface area contributed by atoms with Crippen molar-refractivity contribution in [2.24, 2.45) is 0 Å². The van der Waals surface area contributed by atoms with E-state index in [1.807, 2.05) is 29.6 Å². The Morgan fingerprint density at radius 3 is 2.71 bits per heavy atom. The molecular formula is C17H14N4O2S. The van der Waals surface area contributed by atoms with E-state index in [0.717, 1.165) is 5.56 Å². The molecule has 0 unspecified atom stereocenters. The van der Waals surface area contributed by atoms with Crippen LogP contribution in [-0.4, -0.2) is 21.8 Å². The van der Waals surface area contributed by atoms with Gasteiger partial charge < -0.3 is 5.32 Å². The second kappa shape index (κ2) is 7.01. The smallest absolute Gasteiger partial charge is 0.268 e. The number of rotatable bonds is 4. The fourth-order valence-corrected chi connectivity index (χ4v) is 2.73. The number of nitrogens with zero attached hydrogens (tertiary/aromatic N) is 2. The summed E-state index contributed by atoms with van der Waals surface area (Å²) >= 11 is 1.35. The molecular weight excluding hydrogens is 324 g/mol. The predicted octanol–water partition coefficient (Wildman–Crippen LogP) is 3.42. The predicted molar refractivity (Wildman–Crippen MR) is 94.0 cm³/mol. The molecule has 6 nitrogen and oxygen atoms in total. The molecule has 0 bridgehead atoms. The first kappa shape index (κ1) is 15.8. The molecule has 120 valence electrons. The molecule has 0 saturated heterocycles. The van der Waals surface area contributed by atoms with Crippen molar-refractivity contribution in [3.05, 3.63) is 58.9 Å². The number of nitrogens with one attached hydrogen (secondary N) is 2. The van der Waals surface area contributed by atoms with Gasteiger partial charge >= 0.3 is 0 Å². The van der Waals surface area contributed by atoms with Crippen LogP contribution in [0.3, 0.4) is 0 Å². The minimum absolute atomic E-state index is 0.140. The van der Waals surface area contributed by atoms with Crippen LogP contribution in [-0.2, 0) is 4.79 Å². The highest BCUT2D eigenvalue weighted by Crippen LogP contribution is 2.21. The average molecular weight is 338 g/mol. The van der Waals surface area contributed by atoms with Crippen LogP contribution in [0.2, 0.25) is 0 Å². The summed E-state index contributed by atoms with van der Waals surface area (Å²) in [5, 5.41) is 7.24. The molecule has 3 rings (SSSR count). The number of anilines is 2. The summed E-state index contributed by atoms with van der Waals surface area (Å²) < 4.78 is 0. The maximum absolute atomic E-state index is 12.1. The summed E-state index contributed by atoms with van der Waals surface area (Å²) in [7, 11) is 0. The Kier molecular flexibility index (Phi) is 4.62. The molecule has 24 heavy (non-hydrogen) atoms. The van der Waals surface area contributed by atoms with Crippen molar-refractivity contribution in [1.29, 1.82) is 0 Å². The SMILES string of the molecule is CC(=O)Nc1cccc(-c2ccnc(NC(=O)c3cccs3)n2)c1. The molecule has 3 aromatic rings. The van der Waals surface area contributed by atoms with Gasteiger partial charge in [0.05, 0.1) is 10.6 Å². The van der Waals surface area contributed by atoms with Crippen molar-refractivity contribution in [1.82, 2.24) is 9.97 Å². The van der Waals surface area contributed by atoms with E-state index in [1.54, 1.807) is 24.4 Å². The van der Waals surface area contributed by atoms with E-state index in [2.05, 4.69) is 20.6 Å². The molecule has 0 aliphatic rings. The fourth-order valence-electron chi connectivity index (χ4n) is 2.11. The van der Waals surface area contributed by atoms with E-state index >= 15 is 0 Å². The van der Waals surface area contributed by atoms with Gasteiger partial charge in [0, 0.05) is 24.4 Å². The first-order chi connectivity index (χ1) is 11.6. The molecule has 0 atom stereocenters. The molecule has 2 aromatic heterocycles. The Morgan fingerprint density at radius 1 is 1.08 bits per heavy atom. The summed E-state index contributed by atoms with van der Waals surface area (Å²) in [6.45, 7) is 1.45. The number of carbonyl (C=O) groups is 2. The van der Waals surface area contributed by atoms with Gasteiger partial charge in [0.2, 0.25) is 11.9 Å². The maximum atomic E-state index is 12.1. The normalized spacial score (nSPS) is 10.2. The summed E-state index contributed by atoms with van der Waals surface area (Å²) in [4.78, 5) is 32.3. The summed E-state index contributed by atoms with van der Waals surface area (Å²) in [5.74, 6) is -0.149. The molecule has 0 aliphatic heterocycles. The molecule has 1 aromatic carbocycles. The summed E-state index contributed by atoms with van der Waals surface area (Å²) in [6, 6.07) is 12.6. The van der Waals surface area contributed by atoms with Gasteiger partial charge in [-0.25, -0.2) is 9.97 Å². The van der Waals surface area contributed by atoms with Crippen LogP contribution in [0.5, 0.6) is 0 Å². The molecule has 2 amide bonds. The quantitative estimate of drug-likeness (QED) is 0.763.